The smallest absolute Gasteiger partial charge is 0.246 e. The van der Waals surface area contributed by atoms with Crippen LogP contribution in [0.4, 0.5) is 0 Å². The van der Waals surface area contributed by atoms with Crippen LogP contribution in [0.25, 0.3) is 11.4 Å². The molecule has 0 saturated carbocycles. The number of hydrogen-bond donors (Lipinski definition) is 1. The molecule has 1 N–H and O–H groups in total. The van der Waals surface area contributed by atoms with E-state index >= 15 is 0 Å². The molecule has 2 heterocycles. The summed E-state index contributed by atoms with van der Waals surface area (Å²) in [5, 5.41) is 15.5. The van der Waals surface area contributed by atoms with Crippen LogP contribution in [0.5, 0.6) is 0 Å². The zero-order valence-electron chi connectivity index (χ0n) is 12.4. The van der Waals surface area contributed by atoms with Crippen molar-refractivity contribution in [1.82, 2.24) is 30.4 Å². The maximum absolute atomic E-state index is 12.1. The predicted molar refractivity (Wildman–Crippen MR) is 84.7 cm³/mol. The summed E-state index contributed by atoms with van der Waals surface area (Å²) in [7, 11) is 0. The standard InChI is InChI=1S/C14H18N6O.ClH/c1-11-2-4-12(5-3-11)14-16-18-20(17-14)10-13(21)19-8-6-15-7-9-19;/h2-5,15H,6-10H2,1H3;1H. The number of carbonyl (C=O) groups excluding carboxylic acids is 1. The third kappa shape index (κ3) is 3.80. The highest BCUT2D eigenvalue weighted by atomic mass is 35.5. The van der Waals surface area contributed by atoms with Gasteiger partial charge in [0.1, 0.15) is 6.54 Å². The number of hydrogen-bond acceptors (Lipinski definition) is 5. The van der Waals surface area contributed by atoms with Gasteiger partial charge in [0.25, 0.3) is 0 Å². The van der Waals surface area contributed by atoms with Crippen LogP contribution >= 0.6 is 12.4 Å². The van der Waals surface area contributed by atoms with Gasteiger partial charge in [-0.15, -0.1) is 22.6 Å². The number of nitrogens with one attached hydrogen (secondary N) is 1. The summed E-state index contributed by atoms with van der Waals surface area (Å²) in [6.45, 7) is 5.31. The lowest BCUT2D eigenvalue weighted by molar-refractivity contribution is -0.132. The van der Waals surface area contributed by atoms with Crippen molar-refractivity contribution < 1.29 is 4.79 Å². The maximum atomic E-state index is 12.1. The summed E-state index contributed by atoms with van der Waals surface area (Å²) in [6, 6.07) is 7.91. The number of tetrazole rings is 1. The van der Waals surface area contributed by atoms with Crippen molar-refractivity contribution in [2.75, 3.05) is 26.2 Å². The first-order valence-corrected chi connectivity index (χ1v) is 7.06. The first-order valence-electron chi connectivity index (χ1n) is 7.06. The number of aromatic nitrogens is 4. The molecule has 1 fully saturated rings. The van der Waals surface area contributed by atoms with Gasteiger partial charge in [-0.05, 0) is 12.1 Å². The number of piperazine rings is 1. The first-order chi connectivity index (χ1) is 10.2. The molecule has 1 aliphatic heterocycles. The third-order valence-electron chi connectivity index (χ3n) is 3.51. The van der Waals surface area contributed by atoms with E-state index in [1.165, 1.54) is 10.4 Å². The fourth-order valence-corrected chi connectivity index (χ4v) is 2.26. The van der Waals surface area contributed by atoms with Gasteiger partial charge in [0, 0.05) is 31.7 Å². The SMILES string of the molecule is Cc1ccc(-c2nnn(CC(=O)N3CCNCC3)n2)cc1.Cl. The van der Waals surface area contributed by atoms with Crippen LogP contribution in [0.1, 0.15) is 5.56 Å². The molecule has 22 heavy (non-hydrogen) atoms. The number of rotatable bonds is 3. The Hall–Kier alpha value is -1.99. The molecule has 2 aromatic rings. The van der Waals surface area contributed by atoms with E-state index in [1.807, 2.05) is 36.1 Å². The number of nitrogens with zero attached hydrogens (tertiary/aromatic N) is 5. The molecule has 8 heteroatoms. The van der Waals surface area contributed by atoms with E-state index in [2.05, 4.69) is 20.7 Å². The zero-order valence-corrected chi connectivity index (χ0v) is 13.2. The number of aryl methyl sites for hydroxylation is 1. The van der Waals surface area contributed by atoms with Crippen molar-refractivity contribution in [3.8, 4) is 11.4 Å². The van der Waals surface area contributed by atoms with Crippen molar-refractivity contribution in [2.24, 2.45) is 0 Å². The Morgan fingerprint density at radius 2 is 1.91 bits per heavy atom. The van der Waals surface area contributed by atoms with E-state index in [4.69, 9.17) is 0 Å². The van der Waals surface area contributed by atoms with Gasteiger partial charge in [-0.3, -0.25) is 4.79 Å². The Morgan fingerprint density at radius 1 is 1.23 bits per heavy atom. The van der Waals surface area contributed by atoms with Gasteiger partial charge in [0.05, 0.1) is 0 Å². The first kappa shape index (κ1) is 16.4. The largest absolute Gasteiger partial charge is 0.338 e. The second kappa shape index (κ2) is 7.33. The minimum atomic E-state index is 0. The van der Waals surface area contributed by atoms with Crippen molar-refractivity contribution in [3.05, 3.63) is 29.8 Å². The van der Waals surface area contributed by atoms with Crippen molar-refractivity contribution in [2.45, 2.75) is 13.5 Å². The lowest BCUT2D eigenvalue weighted by Gasteiger charge is -2.27. The Morgan fingerprint density at radius 3 is 2.59 bits per heavy atom. The molecule has 0 spiro atoms. The van der Waals surface area contributed by atoms with Gasteiger partial charge in [0.2, 0.25) is 11.7 Å². The Balaban J connectivity index is 0.00000176. The van der Waals surface area contributed by atoms with Crippen LogP contribution < -0.4 is 5.32 Å². The van der Waals surface area contributed by atoms with E-state index < -0.39 is 0 Å². The molecule has 118 valence electrons. The fourth-order valence-electron chi connectivity index (χ4n) is 2.26. The average molecular weight is 323 g/mol. The van der Waals surface area contributed by atoms with Gasteiger partial charge in [-0.1, -0.05) is 29.8 Å². The van der Waals surface area contributed by atoms with Gasteiger partial charge < -0.3 is 10.2 Å². The highest BCUT2D eigenvalue weighted by Gasteiger charge is 2.17. The molecule has 1 aromatic carbocycles. The van der Waals surface area contributed by atoms with E-state index in [9.17, 15) is 4.79 Å². The lowest BCUT2D eigenvalue weighted by atomic mass is 10.1. The fraction of sp³-hybridized carbons (Fsp3) is 0.429. The molecule has 0 aliphatic carbocycles. The lowest BCUT2D eigenvalue weighted by Crippen LogP contribution is -2.47. The molecule has 1 aliphatic rings. The Labute approximate surface area is 135 Å². The topological polar surface area (TPSA) is 75.9 Å². The average Bonchev–Trinajstić information content (AvgIpc) is 2.97. The van der Waals surface area contributed by atoms with Gasteiger partial charge >= 0.3 is 0 Å². The Bertz CT molecular complexity index is 621. The monoisotopic (exact) mass is 322 g/mol. The molecule has 3 rings (SSSR count). The van der Waals surface area contributed by atoms with Crippen LogP contribution in [0.2, 0.25) is 0 Å². The van der Waals surface area contributed by atoms with Crippen molar-refractivity contribution in [3.63, 3.8) is 0 Å². The van der Waals surface area contributed by atoms with E-state index in [0.29, 0.717) is 5.82 Å². The Kier molecular flexibility index (Phi) is 5.46. The molecule has 0 bridgehead atoms. The summed E-state index contributed by atoms with van der Waals surface area (Å²) in [6.07, 6.45) is 0. The minimum Gasteiger partial charge on any atom is -0.338 e. The zero-order chi connectivity index (χ0) is 14.7. The summed E-state index contributed by atoms with van der Waals surface area (Å²) >= 11 is 0. The van der Waals surface area contributed by atoms with Crippen molar-refractivity contribution in [1.29, 1.82) is 0 Å². The summed E-state index contributed by atoms with van der Waals surface area (Å²) in [4.78, 5) is 15.3. The van der Waals surface area contributed by atoms with Gasteiger partial charge in [-0.25, -0.2) is 0 Å². The van der Waals surface area contributed by atoms with Crippen LogP contribution in [0.15, 0.2) is 24.3 Å². The van der Waals surface area contributed by atoms with Crippen LogP contribution in [-0.2, 0) is 11.3 Å². The summed E-state index contributed by atoms with van der Waals surface area (Å²) in [5.74, 6) is 0.576. The van der Waals surface area contributed by atoms with E-state index in [-0.39, 0.29) is 24.9 Å². The number of amides is 1. The molecule has 0 atom stereocenters. The number of carbonyl (C=O) groups is 1. The second-order valence-corrected chi connectivity index (χ2v) is 5.14. The summed E-state index contributed by atoms with van der Waals surface area (Å²) < 4.78 is 0. The predicted octanol–water partition coefficient (Wildman–Crippen LogP) is 0.502. The molecule has 7 nitrogen and oxygen atoms in total. The van der Waals surface area contributed by atoms with E-state index in [1.54, 1.807) is 0 Å². The highest BCUT2D eigenvalue weighted by Crippen LogP contribution is 2.13. The minimum absolute atomic E-state index is 0. The third-order valence-corrected chi connectivity index (χ3v) is 3.51. The molecule has 1 aromatic heterocycles. The molecule has 1 saturated heterocycles. The summed E-state index contributed by atoms with van der Waals surface area (Å²) in [5.41, 5.74) is 2.08. The molecule has 1 amide bonds. The van der Waals surface area contributed by atoms with E-state index in [0.717, 1.165) is 31.7 Å². The molecule has 0 unspecified atom stereocenters. The molecular formula is C14H19ClN6O. The number of halogens is 1. The van der Waals surface area contributed by atoms with Crippen LogP contribution in [0, 0.1) is 6.92 Å². The highest BCUT2D eigenvalue weighted by molar-refractivity contribution is 5.85. The second-order valence-electron chi connectivity index (χ2n) is 5.14. The van der Waals surface area contributed by atoms with Crippen LogP contribution in [0.3, 0.4) is 0 Å². The normalized spacial score (nSPS) is 14.5. The molecular weight excluding hydrogens is 304 g/mol. The molecule has 0 radical (unpaired) electrons. The van der Waals surface area contributed by atoms with Crippen molar-refractivity contribution >= 4 is 18.3 Å². The van der Waals surface area contributed by atoms with Gasteiger partial charge in [0.15, 0.2) is 0 Å². The maximum Gasteiger partial charge on any atom is 0.246 e. The van der Waals surface area contributed by atoms with Crippen LogP contribution in [-0.4, -0.2) is 57.2 Å². The number of benzene rings is 1. The van der Waals surface area contributed by atoms with Gasteiger partial charge in [-0.2, -0.15) is 4.80 Å². The quantitative estimate of drug-likeness (QED) is 0.890.